The Bertz CT molecular complexity index is 524. The van der Waals surface area contributed by atoms with Gasteiger partial charge < -0.3 is 5.11 Å². The second-order valence-electron chi connectivity index (χ2n) is 5.26. The van der Waals surface area contributed by atoms with E-state index in [1.165, 1.54) is 18.6 Å². The monoisotopic (exact) mass is 317 g/mol. The van der Waals surface area contributed by atoms with Gasteiger partial charge in [-0.3, -0.25) is 0 Å². The fourth-order valence-corrected chi connectivity index (χ4v) is 4.12. The van der Waals surface area contributed by atoms with Crippen molar-refractivity contribution in [1.82, 2.24) is 4.72 Å². The lowest BCUT2D eigenvalue weighted by Crippen LogP contribution is -2.43. The first-order chi connectivity index (χ1) is 9.53. The van der Waals surface area contributed by atoms with Gasteiger partial charge >= 0.3 is 0 Å². The molecular weight excluding hydrogens is 298 g/mol. The first kappa shape index (κ1) is 15.8. The lowest BCUT2D eigenvalue weighted by molar-refractivity contribution is 0.187. The highest BCUT2D eigenvalue weighted by atomic mass is 35.5. The zero-order chi connectivity index (χ0) is 14.6. The van der Waals surface area contributed by atoms with Gasteiger partial charge in [-0.2, -0.15) is 0 Å². The lowest BCUT2D eigenvalue weighted by Gasteiger charge is -2.29. The number of halogens is 1. The van der Waals surface area contributed by atoms with Crippen LogP contribution in [0.2, 0.25) is 5.02 Å². The number of benzene rings is 1. The smallest absolute Gasteiger partial charge is 0.240 e. The van der Waals surface area contributed by atoms with Gasteiger partial charge in [0, 0.05) is 11.1 Å². The van der Waals surface area contributed by atoms with E-state index in [0.29, 0.717) is 5.02 Å². The summed E-state index contributed by atoms with van der Waals surface area (Å²) in [5.41, 5.74) is 0. The van der Waals surface area contributed by atoms with E-state index in [1.54, 1.807) is 12.1 Å². The molecule has 1 aromatic rings. The molecule has 0 radical (unpaired) electrons. The molecule has 1 aromatic carbocycles. The van der Waals surface area contributed by atoms with Crippen molar-refractivity contribution in [1.29, 1.82) is 0 Å². The van der Waals surface area contributed by atoms with Crippen LogP contribution in [0, 0.1) is 5.92 Å². The topological polar surface area (TPSA) is 66.4 Å². The van der Waals surface area contributed by atoms with Crippen LogP contribution < -0.4 is 4.72 Å². The number of aliphatic hydroxyl groups is 1. The van der Waals surface area contributed by atoms with Gasteiger partial charge in [-0.15, -0.1) is 0 Å². The molecule has 1 saturated carbocycles. The van der Waals surface area contributed by atoms with Crippen molar-refractivity contribution in [2.24, 2.45) is 5.92 Å². The van der Waals surface area contributed by atoms with Crippen LogP contribution >= 0.6 is 11.6 Å². The average Bonchev–Trinajstić information content (AvgIpc) is 2.46. The molecule has 2 rings (SSSR count). The Balaban J connectivity index is 2.10. The van der Waals surface area contributed by atoms with E-state index in [-0.39, 0.29) is 17.4 Å². The summed E-state index contributed by atoms with van der Waals surface area (Å²) in [7, 11) is -3.61. The summed E-state index contributed by atoms with van der Waals surface area (Å²) < 4.78 is 27.2. The van der Waals surface area contributed by atoms with E-state index in [1.807, 2.05) is 0 Å². The maximum atomic E-state index is 12.3. The summed E-state index contributed by atoms with van der Waals surface area (Å²) in [5.74, 6) is 0.218. The quantitative estimate of drug-likeness (QED) is 0.877. The van der Waals surface area contributed by atoms with Crippen LogP contribution in [0.5, 0.6) is 0 Å². The predicted molar refractivity (Wildman–Crippen MR) is 79.2 cm³/mol. The Labute approximate surface area is 125 Å². The zero-order valence-corrected chi connectivity index (χ0v) is 12.8. The molecule has 0 amide bonds. The van der Waals surface area contributed by atoms with Gasteiger partial charge in [0.2, 0.25) is 10.0 Å². The van der Waals surface area contributed by atoms with Crippen LogP contribution in [-0.4, -0.2) is 26.2 Å². The third kappa shape index (κ3) is 3.95. The molecule has 1 aliphatic carbocycles. The first-order valence-corrected chi connectivity index (χ1v) is 8.78. The Morgan fingerprint density at radius 2 is 1.80 bits per heavy atom. The first-order valence-electron chi connectivity index (χ1n) is 6.91. The molecular formula is C14H20ClNO3S. The minimum atomic E-state index is -3.61. The third-order valence-electron chi connectivity index (χ3n) is 3.85. The summed E-state index contributed by atoms with van der Waals surface area (Å²) in [5, 5.41) is 9.98. The molecule has 1 atom stereocenters. The van der Waals surface area contributed by atoms with Gasteiger partial charge in [0.25, 0.3) is 0 Å². The van der Waals surface area contributed by atoms with Gasteiger partial charge in [0.1, 0.15) is 0 Å². The summed E-state index contributed by atoms with van der Waals surface area (Å²) in [6.45, 7) is -0.169. The fourth-order valence-electron chi connectivity index (χ4n) is 2.70. The highest BCUT2D eigenvalue weighted by molar-refractivity contribution is 7.89. The van der Waals surface area contributed by atoms with E-state index in [4.69, 9.17) is 11.6 Å². The molecule has 0 bridgehead atoms. The number of aliphatic hydroxyl groups excluding tert-OH is 1. The van der Waals surface area contributed by atoms with Crippen molar-refractivity contribution >= 4 is 21.6 Å². The highest BCUT2D eigenvalue weighted by Crippen LogP contribution is 2.27. The van der Waals surface area contributed by atoms with Crippen molar-refractivity contribution in [3.05, 3.63) is 29.3 Å². The lowest BCUT2D eigenvalue weighted by atomic mass is 9.84. The summed E-state index contributed by atoms with van der Waals surface area (Å²) in [4.78, 5) is 0.177. The standard InChI is InChI=1S/C14H20ClNO3S/c15-12-6-8-13(9-7-12)20(18,19)16-14(10-17)11-4-2-1-3-5-11/h6-9,11,14,16-17H,1-5,10H2/t14-/m1/s1. The van der Waals surface area contributed by atoms with Crippen LogP contribution in [0.15, 0.2) is 29.2 Å². The van der Waals surface area contributed by atoms with Crippen LogP contribution in [0.4, 0.5) is 0 Å². The number of sulfonamides is 1. The van der Waals surface area contributed by atoms with Gasteiger partial charge in [-0.05, 0) is 43.0 Å². The van der Waals surface area contributed by atoms with E-state index < -0.39 is 16.1 Å². The SMILES string of the molecule is O=S(=O)(N[C@H](CO)C1CCCCC1)c1ccc(Cl)cc1. The van der Waals surface area contributed by atoms with Crippen molar-refractivity contribution in [2.45, 2.75) is 43.0 Å². The van der Waals surface area contributed by atoms with Crippen LogP contribution in [0.1, 0.15) is 32.1 Å². The second-order valence-corrected chi connectivity index (χ2v) is 7.41. The van der Waals surface area contributed by atoms with Crippen LogP contribution in [-0.2, 0) is 10.0 Å². The normalized spacial score (nSPS) is 18.9. The minimum Gasteiger partial charge on any atom is -0.395 e. The zero-order valence-electron chi connectivity index (χ0n) is 11.3. The molecule has 0 saturated heterocycles. The molecule has 112 valence electrons. The number of hydrogen-bond donors (Lipinski definition) is 2. The molecule has 2 N–H and O–H groups in total. The maximum absolute atomic E-state index is 12.3. The molecule has 4 nitrogen and oxygen atoms in total. The van der Waals surface area contributed by atoms with Crippen LogP contribution in [0.3, 0.4) is 0 Å². The minimum absolute atomic E-state index is 0.169. The van der Waals surface area contributed by atoms with Crippen molar-refractivity contribution in [2.75, 3.05) is 6.61 Å². The van der Waals surface area contributed by atoms with E-state index in [9.17, 15) is 13.5 Å². The number of hydrogen-bond acceptors (Lipinski definition) is 3. The molecule has 0 heterocycles. The van der Waals surface area contributed by atoms with Gasteiger partial charge in [0.05, 0.1) is 11.5 Å². The van der Waals surface area contributed by atoms with Crippen molar-refractivity contribution < 1.29 is 13.5 Å². The molecule has 0 unspecified atom stereocenters. The average molecular weight is 318 g/mol. The molecule has 1 aliphatic rings. The van der Waals surface area contributed by atoms with E-state index in [0.717, 1.165) is 25.7 Å². The number of nitrogens with one attached hydrogen (secondary N) is 1. The highest BCUT2D eigenvalue weighted by Gasteiger charge is 2.27. The molecule has 20 heavy (non-hydrogen) atoms. The number of rotatable bonds is 5. The summed E-state index contributed by atoms with van der Waals surface area (Å²) >= 11 is 5.76. The van der Waals surface area contributed by atoms with Crippen molar-refractivity contribution in [3.8, 4) is 0 Å². The third-order valence-corrected chi connectivity index (χ3v) is 5.60. The molecule has 0 aliphatic heterocycles. The van der Waals surface area contributed by atoms with E-state index in [2.05, 4.69) is 4.72 Å². The molecule has 6 heteroatoms. The largest absolute Gasteiger partial charge is 0.395 e. The van der Waals surface area contributed by atoms with E-state index >= 15 is 0 Å². The Morgan fingerprint density at radius 1 is 1.20 bits per heavy atom. The van der Waals surface area contributed by atoms with Gasteiger partial charge in [-0.25, -0.2) is 13.1 Å². The maximum Gasteiger partial charge on any atom is 0.240 e. The molecule has 1 fully saturated rings. The Kier molecular flexibility index (Phi) is 5.43. The molecule has 0 aromatic heterocycles. The predicted octanol–water partition coefficient (Wildman–Crippen LogP) is 2.56. The van der Waals surface area contributed by atoms with Gasteiger partial charge in [-0.1, -0.05) is 30.9 Å². The second kappa shape index (κ2) is 6.89. The summed E-state index contributed by atoms with van der Waals surface area (Å²) in [6.07, 6.45) is 5.33. The van der Waals surface area contributed by atoms with Crippen molar-refractivity contribution in [3.63, 3.8) is 0 Å². The Morgan fingerprint density at radius 3 is 2.35 bits per heavy atom. The summed E-state index contributed by atoms with van der Waals surface area (Å²) in [6, 6.07) is 5.63. The Hall–Kier alpha value is -0.620. The van der Waals surface area contributed by atoms with Gasteiger partial charge in [0.15, 0.2) is 0 Å². The molecule has 0 spiro atoms. The van der Waals surface area contributed by atoms with Crippen LogP contribution in [0.25, 0.3) is 0 Å². The fraction of sp³-hybridized carbons (Fsp3) is 0.571.